The molecule has 1 amide bonds. The van der Waals surface area contributed by atoms with Crippen molar-refractivity contribution in [3.05, 3.63) is 96.7 Å². The summed E-state index contributed by atoms with van der Waals surface area (Å²) in [6.07, 6.45) is 5.11. The van der Waals surface area contributed by atoms with E-state index < -0.39 is 32.7 Å². The van der Waals surface area contributed by atoms with Crippen LogP contribution in [0.2, 0.25) is 0 Å². The molecular formula is C24H22FN5O3S. The lowest BCUT2D eigenvalue weighted by atomic mass is 10.1. The minimum absolute atomic E-state index is 0.106. The molecule has 4 aromatic rings. The third-order valence-corrected chi connectivity index (χ3v) is 6.64. The van der Waals surface area contributed by atoms with Crippen molar-refractivity contribution in [1.82, 2.24) is 24.8 Å². The Balaban J connectivity index is 1.52. The molecule has 0 radical (unpaired) electrons. The van der Waals surface area contributed by atoms with Crippen LogP contribution < -0.4 is 10.0 Å². The number of pyridine rings is 1. The molecule has 8 nitrogen and oxygen atoms in total. The van der Waals surface area contributed by atoms with Crippen molar-refractivity contribution in [2.75, 3.05) is 0 Å². The van der Waals surface area contributed by atoms with Gasteiger partial charge in [0.2, 0.25) is 15.9 Å². The van der Waals surface area contributed by atoms with E-state index in [0.717, 1.165) is 28.9 Å². The Hall–Kier alpha value is -3.89. The van der Waals surface area contributed by atoms with E-state index in [1.165, 1.54) is 19.1 Å². The second kappa shape index (κ2) is 9.94. The first-order valence-corrected chi connectivity index (χ1v) is 11.9. The lowest BCUT2D eigenvalue weighted by Gasteiger charge is -2.15. The largest absolute Gasteiger partial charge is 0.351 e. The molecule has 0 bridgehead atoms. The molecular weight excluding hydrogens is 457 g/mol. The number of rotatable bonds is 8. The molecule has 2 N–H and O–H groups in total. The fourth-order valence-corrected chi connectivity index (χ4v) is 4.63. The number of benzene rings is 2. The predicted octanol–water partition coefficient (Wildman–Crippen LogP) is 3.06. The molecule has 2 aromatic heterocycles. The van der Waals surface area contributed by atoms with E-state index in [4.69, 9.17) is 0 Å². The highest BCUT2D eigenvalue weighted by atomic mass is 32.2. The van der Waals surface area contributed by atoms with Gasteiger partial charge in [-0.2, -0.15) is 9.82 Å². The molecule has 2 aromatic carbocycles. The number of hydrogen-bond acceptors (Lipinski definition) is 5. The third kappa shape index (κ3) is 5.19. The van der Waals surface area contributed by atoms with Crippen molar-refractivity contribution in [1.29, 1.82) is 0 Å². The highest BCUT2D eigenvalue weighted by Gasteiger charge is 2.24. The zero-order chi connectivity index (χ0) is 24.1. The van der Waals surface area contributed by atoms with Crippen LogP contribution in [0.4, 0.5) is 4.39 Å². The fourth-order valence-electron chi connectivity index (χ4n) is 3.35. The Morgan fingerprint density at radius 2 is 1.71 bits per heavy atom. The first-order valence-electron chi connectivity index (χ1n) is 10.4. The molecule has 1 atom stereocenters. The number of carbonyl (C=O) groups excluding carboxylic acids is 1. The molecule has 0 saturated carbocycles. The van der Waals surface area contributed by atoms with Gasteiger partial charge < -0.3 is 5.32 Å². The average molecular weight is 480 g/mol. The minimum atomic E-state index is -4.21. The number of hydrogen-bond donors (Lipinski definition) is 2. The van der Waals surface area contributed by atoms with E-state index in [0.29, 0.717) is 5.69 Å². The zero-order valence-electron chi connectivity index (χ0n) is 18.2. The van der Waals surface area contributed by atoms with Gasteiger partial charge in [-0.1, -0.05) is 30.3 Å². The van der Waals surface area contributed by atoms with E-state index in [-0.39, 0.29) is 6.54 Å². The van der Waals surface area contributed by atoms with Gasteiger partial charge in [0.1, 0.15) is 10.7 Å². The van der Waals surface area contributed by atoms with Crippen LogP contribution in [0.15, 0.2) is 90.2 Å². The predicted molar refractivity (Wildman–Crippen MR) is 125 cm³/mol. The smallest absolute Gasteiger partial charge is 0.244 e. The number of carbonyl (C=O) groups is 1. The van der Waals surface area contributed by atoms with Crippen LogP contribution in [0.1, 0.15) is 12.5 Å². The lowest BCUT2D eigenvalue weighted by molar-refractivity contribution is -0.122. The van der Waals surface area contributed by atoms with Crippen molar-refractivity contribution in [2.24, 2.45) is 0 Å². The summed E-state index contributed by atoms with van der Waals surface area (Å²) >= 11 is 0. The standard InChI is InChI=1S/C24H22FN5O3S/c1-17(29-34(32,33)22-10-6-5-9-21(22)25)24(31)27-15-19-16-30(20-7-3-2-4-8-20)28-23(19)18-11-13-26-14-12-18/h2-14,16-17,29H,15H2,1H3,(H,27,31)/t17-/m0/s1. The third-order valence-electron chi connectivity index (χ3n) is 5.07. The zero-order valence-corrected chi connectivity index (χ0v) is 19.0. The Morgan fingerprint density at radius 1 is 1.03 bits per heavy atom. The molecule has 0 aliphatic rings. The van der Waals surface area contributed by atoms with Gasteiger partial charge in [0.15, 0.2) is 0 Å². The molecule has 0 saturated heterocycles. The maximum absolute atomic E-state index is 13.9. The summed E-state index contributed by atoms with van der Waals surface area (Å²) in [4.78, 5) is 16.2. The van der Waals surface area contributed by atoms with Crippen molar-refractivity contribution >= 4 is 15.9 Å². The van der Waals surface area contributed by atoms with E-state index in [9.17, 15) is 17.6 Å². The van der Waals surface area contributed by atoms with Crippen molar-refractivity contribution in [3.63, 3.8) is 0 Å². The fraction of sp³-hybridized carbons (Fsp3) is 0.125. The van der Waals surface area contributed by atoms with Gasteiger partial charge in [0, 0.05) is 36.3 Å². The molecule has 174 valence electrons. The first-order chi connectivity index (χ1) is 16.3. The molecule has 0 spiro atoms. The van der Waals surface area contributed by atoms with Crippen LogP contribution >= 0.6 is 0 Å². The van der Waals surface area contributed by atoms with Gasteiger partial charge in [0.05, 0.1) is 17.4 Å². The molecule has 10 heteroatoms. The topological polar surface area (TPSA) is 106 Å². The van der Waals surface area contributed by atoms with Crippen molar-refractivity contribution in [2.45, 2.75) is 24.4 Å². The van der Waals surface area contributed by atoms with Crippen LogP contribution in [0.25, 0.3) is 16.9 Å². The van der Waals surface area contributed by atoms with E-state index >= 15 is 0 Å². The highest BCUT2D eigenvalue weighted by molar-refractivity contribution is 7.89. The first kappa shape index (κ1) is 23.3. The van der Waals surface area contributed by atoms with Gasteiger partial charge in [-0.25, -0.2) is 17.5 Å². The van der Waals surface area contributed by atoms with Crippen LogP contribution in [0, 0.1) is 5.82 Å². The number of amides is 1. The number of nitrogens with one attached hydrogen (secondary N) is 2. The van der Waals surface area contributed by atoms with Crippen LogP contribution in [0.3, 0.4) is 0 Å². The summed E-state index contributed by atoms with van der Waals surface area (Å²) in [6.45, 7) is 1.50. The normalized spacial score (nSPS) is 12.3. The SMILES string of the molecule is C[C@H](NS(=O)(=O)c1ccccc1F)C(=O)NCc1cn(-c2ccccc2)nc1-c1ccncc1. The van der Waals surface area contributed by atoms with Gasteiger partial charge in [-0.3, -0.25) is 9.78 Å². The quantitative estimate of drug-likeness (QED) is 0.404. The van der Waals surface area contributed by atoms with E-state index in [1.807, 2.05) is 42.5 Å². The molecule has 0 unspecified atom stereocenters. The number of sulfonamides is 1. The Bertz CT molecular complexity index is 1390. The Kier molecular flexibility index (Phi) is 6.80. The van der Waals surface area contributed by atoms with Gasteiger partial charge >= 0.3 is 0 Å². The Morgan fingerprint density at radius 3 is 2.41 bits per heavy atom. The van der Waals surface area contributed by atoms with E-state index in [2.05, 4.69) is 20.1 Å². The summed E-state index contributed by atoms with van der Waals surface area (Å²) in [7, 11) is -4.21. The Labute approximate surface area is 196 Å². The van der Waals surface area contributed by atoms with Gasteiger partial charge in [-0.15, -0.1) is 0 Å². The molecule has 34 heavy (non-hydrogen) atoms. The lowest BCUT2D eigenvalue weighted by Crippen LogP contribution is -2.44. The summed E-state index contributed by atoms with van der Waals surface area (Å²) in [6, 6.07) is 17.0. The molecule has 4 rings (SSSR count). The molecule has 0 fully saturated rings. The highest BCUT2D eigenvalue weighted by Crippen LogP contribution is 2.23. The number of halogens is 1. The van der Waals surface area contributed by atoms with E-state index in [1.54, 1.807) is 23.3 Å². The second-order valence-corrected chi connectivity index (χ2v) is 9.19. The summed E-state index contributed by atoms with van der Waals surface area (Å²) in [5, 5.41) is 7.40. The maximum Gasteiger partial charge on any atom is 0.244 e. The minimum Gasteiger partial charge on any atom is -0.351 e. The van der Waals surface area contributed by atoms with Crippen molar-refractivity contribution in [3.8, 4) is 16.9 Å². The number of nitrogens with zero attached hydrogens (tertiary/aromatic N) is 3. The average Bonchev–Trinajstić information content (AvgIpc) is 3.28. The molecule has 2 heterocycles. The van der Waals surface area contributed by atoms with Crippen LogP contribution in [0.5, 0.6) is 0 Å². The van der Waals surface area contributed by atoms with Crippen LogP contribution in [-0.2, 0) is 21.4 Å². The molecule has 0 aliphatic heterocycles. The summed E-state index contributed by atoms with van der Waals surface area (Å²) < 4.78 is 42.8. The number of aromatic nitrogens is 3. The van der Waals surface area contributed by atoms with Gasteiger partial charge in [-0.05, 0) is 43.3 Å². The van der Waals surface area contributed by atoms with Gasteiger partial charge in [0.25, 0.3) is 0 Å². The monoisotopic (exact) mass is 479 g/mol. The second-order valence-electron chi connectivity index (χ2n) is 7.51. The number of para-hydroxylation sites is 1. The molecule has 0 aliphatic carbocycles. The van der Waals surface area contributed by atoms with Crippen LogP contribution in [-0.4, -0.2) is 35.1 Å². The summed E-state index contributed by atoms with van der Waals surface area (Å²) in [5.74, 6) is -1.45. The summed E-state index contributed by atoms with van der Waals surface area (Å²) in [5.41, 5.74) is 3.06. The van der Waals surface area contributed by atoms with Crippen molar-refractivity contribution < 1.29 is 17.6 Å². The maximum atomic E-state index is 13.9.